The van der Waals surface area contributed by atoms with E-state index < -0.39 is 11.6 Å². The van der Waals surface area contributed by atoms with Crippen LogP contribution in [0.3, 0.4) is 0 Å². The molecule has 0 aliphatic heterocycles. The highest BCUT2D eigenvalue weighted by atomic mass is 16.5. The van der Waals surface area contributed by atoms with Crippen molar-refractivity contribution >= 4 is 5.97 Å². The molecular formula is C23H31NO6. The van der Waals surface area contributed by atoms with Gasteiger partial charge in [-0.05, 0) is 70.2 Å². The van der Waals surface area contributed by atoms with Crippen LogP contribution >= 0.6 is 0 Å². The van der Waals surface area contributed by atoms with Gasteiger partial charge in [-0.15, -0.1) is 0 Å². The third-order valence-electron chi connectivity index (χ3n) is 5.62. The number of oxazole rings is 1. The molecule has 1 unspecified atom stereocenters. The SMILES string of the molecule is COc1ccc(-c2nc(CO[C@H]3CCCC(COC(C)(C)C(=O)O)C3)c(C)o2)cc1. The molecule has 1 aromatic carbocycles. The highest BCUT2D eigenvalue weighted by Crippen LogP contribution is 2.29. The lowest BCUT2D eigenvalue weighted by Gasteiger charge is -2.31. The second-order valence-corrected chi connectivity index (χ2v) is 8.34. The number of aryl methyl sites for hydroxylation is 1. The number of aliphatic carboxylic acids is 1. The average Bonchev–Trinajstić information content (AvgIpc) is 3.11. The van der Waals surface area contributed by atoms with Crippen LogP contribution in [-0.2, 0) is 20.9 Å². The lowest BCUT2D eigenvalue weighted by atomic mass is 9.87. The number of hydrogen-bond acceptors (Lipinski definition) is 6. The van der Waals surface area contributed by atoms with E-state index in [1.54, 1.807) is 21.0 Å². The minimum Gasteiger partial charge on any atom is -0.497 e. The summed E-state index contributed by atoms with van der Waals surface area (Å²) in [7, 11) is 1.63. The molecule has 0 bridgehead atoms. The van der Waals surface area contributed by atoms with Gasteiger partial charge in [-0.1, -0.05) is 6.42 Å². The van der Waals surface area contributed by atoms with Crippen LogP contribution in [0.5, 0.6) is 5.75 Å². The molecule has 7 nitrogen and oxygen atoms in total. The van der Waals surface area contributed by atoms with Gasteiger partial charge in [0.1, 0.15) is 17.2 Å². The fourth-order valence-electron chi connectivity index (χ4n) is 3.55. The maximum Gasteiger partial charge on any atom is 0.335 e. The first-order valence-corrected chi connectivity index (χ1v) is 10.4. The van der Waals surface area contributed by atoms with E-state index in [1.807, 2.05) is 31.2 Å². The lowest BCUT2D eigenvalue weighted by molar-refractivity contribution is -0.163. The topological polar surface area (TPSA) is 91.0 Å². The molecule has 0 spiro atoms. The van der Waals surface area contributed by atoms with E-state index in [2.05, 4.69) is 4.98 Å². The molecule has 7 heteroatoms. The number of nitrogens with zero attached hydrogens (tertiary/aromatic N) is 1. The Morgan fingerprint density at radius 3 is 2.67 bits per heavy atom. The van der Waals surface area contributed by atoms with Crippen LogP contribution < -0.4 is 4.74 Å². The van der Waals surface area contributed by atoms with Crippen LogP contribution in [0.25, 0.3) is 11.5 Å². The summed E-state index contributed by atoms with van der Waals surface area (Å²) in [6.07, 6.45) is 4.03. The summed E-state index contributed by atoms with van der Waals surface area (Å²) in [6.45, 7) is 5.89. The van der Waals surface area contributed by atoms with Crippen LogP contribution in [0.2, 0.25) is 0 Å². The van der Waals surface area contributed by atoms with Crippen molar-refractivity contribution in [2.75, 3.05) is 13.7 Å². The Morgan fingerprint density at radius 2 is 2.00 bits per heavy atom. The molecule has 1 aromatic heterocycles. The Bertz CT molecular complexity index is 842. The molecule has 1 N–H and O–H groups in total. The van der Waals surface area contributed by atoms with Crippen molar-refractivity contribution < 1.29 is 28.5 Å². The van der Waals surface area contributed by atoms with Gasteiger partial charge in [0, 0.05) is 5.56 Å². The normalized spacial score (nSPS) is 19.6. The standard InChI is InChI=1S/C23H31NO6/c1-15-20(24-21(30-15)17-8-10-18(27-4)11-9-17)14-28-19-7-5-6-16(12-19)13-29-23(2,3)22(25)26/h8-11,16,19H,5-7,12-14H2,1-4H3,(H,25,26)/t16?,19-/m0/s1. The fraction of sp³-hybridized carbons (Fsp3) is 0.565. The molecule has 1 aliphatic carbocycles. The third kappa shape index (κ3) is 5.61. The van der Waals surface area contributed by atoms with Crippen molar-refractivity contribution in [1.82, 2.24) is 4.98 Å². The van der Waals surface area contributed by atoms with E-state index in [4.69, 9.17) is 18.6 Å². The van der Waals surface area contributed by atoms with Crippen LogP contribution in [-0.4, -0.2) is 41.5 Å². The molecule has 1 fully saturated rings. The largest absolute Gasteiger partial charge is 0.497 e. The molecule has 1 heterocycles. The van der Waals surface area contributed by atoms with E-state index in [9.17, 15) is 9.90 Å². The highest BCUT2D eigenvalue weighted by molar-refractivity contribution is 5.76. The monoisotopic (exact) mass is 417 g/mol. The summed E-state index contributed by atoms with van der Waals surface area (Å²) in [4.78, 5) is 15.8. The zero-order valence-corrected chi connectivity index (χ0v) is 18.1. The van der Waals surface area contributed by atoms with Crippen molar-refractivity contribution in [3.63, 3.8) is 0 Å². The van der Waals surface area contributed by atoms with Crippen molar-refractivity contribution in [2.24, 2.45) is 5.92 Å². The number of aromatic nitrogens is 1. The Hall–Kier alpha value is -2.38. The van der Waals surface area contributed by atoms with E-state index in [0.717, 1.165) is 48.5 Å². The predicted octanol–water partition coefficient (Wildman–Crippen LogP) is 4.61. The first-order valence-electron chi connectivity index (χ1n) is 10.4. The van der Waals surface area contributed by atoms with Crippen molar-refractivity contribution in [3.8, 4) is 17.2 Å². The van der Waals surface area contributed by atoms with Crippen LogP contribution in [0.15, 0.2) is 28.7 Å². The van der Waals surface area contributed by atoms with Gasteiger partial charge < -0.3 is 23.7 Å². The Kier molecular flexibility index (Phi) is 7.15. The Labute approximate surface area is 177 Å². The van der Waals surface area contributed by atoms with Gasteiger partial charge in [0.2, 0.25) is 5.89 Å². The van der Waals surface area contributed by atoms with Crippen molar-refractivity contribution in [2.45, 2.75) is 64.8 Å². The van der Waals surface area contributed by atoms with Gasteiger partial charge in [-0.2, -0.15) is 0 Å². The number of benzene rings is 1. The van der Waals surface area contributed by atoms with Gasteiger partial charge in [0.05, 0.1) is 26.4 Å². The van der Waals surface area contributed by atoms with Crippen molar-refractivity contribution in [3.05, 3.63) is 35.7 Å². The zero-order chi connectivity index (χ0) is 21.7. The molecular weight excluding hydrogens is 386 g/mol. The Balaban J connectivity index is 1.53. The molecule has 0 radical (unpaired) electrons. The van der Waals surface area contributed by atoms with Crippen LogP contribution in [0.1, 0.15) is 51.0 Å². The van der Waals surface area contributed by atoms with E-state index >= 15 is 0 Å². The van der Waals surface area contributed by atoms with Gasteiger partial charge >= 0.3 is 5.97 Å². The predicted molar refractivity (Wildman–Crippen MR) is 111 cm³/mol. The number of ether oxygens (including phenoxy) is 3. The van der Waals surface area contributed by atoms with E-state index in [1.165, 1.54) is 0 Å². The maximum atomic E-state index is 11.2. The van der Waals surface area contributed by atoms with Gasteiger partial charge in [0.25, 0.3) is 0 Å². The van der Waals surface area contributed by atoms with E-state index in [0.29, 0.717) is 25.0 Å². The minimum atomic E-state index is -1.16. The summed E-state index contributed by atoms with van der Waals surface area (Å²) in [5, 5.41) is 9.20. The molecule has 0 saturated heterocycles. The molecule has 164 valence electrons. The summed E-state index contributed by atoms with van der Waals surface area (Å²) in [5.74, 6) is 1.46. The summed E-state index contributed by atoms with van der Waals surface area (Å²) in [6, 6.07) is 7.58. The molecule has 1 aliphatic rings. The minimum absolute atomic E-state index is 0.112. The summed E-state index contributed by atoms with van der Waals surface area (Å²) < 4.78 is 22.8. The molecule has 0 amide bonds. The van der Waals surface area contributed by atoms with E-state index in [-0.39, 0.29) is 6.10 Å². The smallest absolute Gasteiger partial charge is 0.335 e. The Morgan fingerprint density at radius 1 is 1.27 bits per heavy atom. The van der Waals surface area contributed by atoms with Gasteiger partial charge in [-0.25, -0.2) is 9.78 Å². The quantitative estimate of drug-likeness (QED) is 0.637. The van der Waals surface area contributed by atoms with Crippen molar-refractivity contribution in [1.29, 1.82) is 0 Å². The van der Waals surface area contributed by atoms with Gasteiger partial charge in [-0.3, -0.25) is 0 Å². The number of carboxylic acids is 1. The summed E-state index contributed by atoms with van der Waals surface area (Å²) in [5.41, 5.74) is 0.524. The molecule has 3 rings (SSSR count). The van der Waals surface area contributed by atoms with Crippen LogP contribution in [0, 0.1) is 12.8 Å². The van der Waals surface area contributed by atoms with Crippen LogP contribution in [0.4, 0.5) is 0 Å². The number of rotatable bonds is 9. The first kappa shape index (κ1) is 22.3. The number of methoxy groups -OCH3 is 1. The fourth-order valence-corrected chi connectivity index (χ4v) is 3.55. The number of carboxylic acid groups (broad SMARTS) is 1. The lowest BCUT2D eigenvalue weighted by Crippen LogP contribution is -2.37. The number of carbonyl (C=O) groups is 1. The zero-order valence-electron chi connectivity index (χ0n) is 18.1. The first-order chi connectivity index (χ1) is 14.3. The van der Waals surface area contributed by atoms with Gasteiger partial charge in [0.15, 0.2) is 5.60 Å². The highest BCUT2D eigenvalue weighted by Gasteiger charge is 2.31. The second-order valence-electron chi connectivity index (χ2n) is 8.34. The third-order valence-corrected chi connectivity index (χ3v) is 5.62. The number of hydrogen-bond donors (Lipinski definition) is 1. The maximum absolute atomic E-state index is 11.2. The summed E-state index contributed by atoms with van der Waals surface area (Å²) >= 11 is 0. The molecule has 30 heavy (non-hydrogen) atoms. The molecule has 2 aromatic rings. The molecule has 1 saturated carbocycles. The molecule has 2 atom stereocenters. The average molecular weight is 418 g/mol. The second kappa shape index (κ2) is 9.62.